The highest BCUT2D eigenvalue weighted by Gasteiger charge is 2.16. The highest BCUT2D eigenvalue weighted by Crippen LogP contribution is 2.16. The predicted molar refractivity (Wildman–Crippen MR) is 61.4 cm³/mol. The highest BCUT2D eigenvalue weighted by molar-refractivity contribution is 6.06. The average Bonchev–Trinajstić information content (AvgIpc) is 2.28. The monoisotopic (exact) mass is 221 g/mol. The first-order valence-corrected chi connectivity index (χ1v) is 5.20. The Bertz CT molecular complexity index is 413. The number of esters is 1. The van der Waals surface area contributed by atoms with E-state index in [0.29, 0.717) is 17.7 Å². The maximum atomic E-state index is 11.6. The van der Waals surface area contributed by atoms with Crippen LogP contribution >= 0.6 is 0 Å². The summed E-state index contributed by atoms with van der Waals surface area (Å²) in [6, 6.07) is 4.64. The van der Waals surface area contributed by atoms with Crippen LogP contribution in [-0.2, 0) is 4.74 Å². The van der Waals surface area contributed by atoms with E-state index in [-0.39, 0.29) is 18.0 Å². The minimum Gasteiger partial charge on any atom is -0.462 e. The second-order valence-electron chi connectivity index (χ2n) is 3.30. The highest BCUT2D eigenvalue weighted by atomic mass is 16.5. The molecule has 86 valence electrons. The number of Topliss-reactive ketones (excluding diaryl/α,β-unsaturated/α-hetero) is 1. The third kappa shape index (κ3) is 2.59. The second kappa shape index (κ2) is 5.30. The summed E-state index contributed by atoms with van der Waals surface area (Å²) in [5.41, 5.74) is 6.64. The summed E-state index contributed by atoms with van der Waals surface area (Å²) in [6.45, 7) is 3.73. The molecule has 2 N–H and O–H groups in total. The Kier molecular flexibility index (Phi) is 4.05. The van der Waals surface area contributed by atoms with Gasteiger partial charge in [-0.3, -0.25) is 4.79 Å². The van der Waals surface area contributed by atoms with E-state index >= 15 is 0 Å². The maximum Gasteiger partial charge on any atom is 0.338 e. The lowest BCUT2D eigenvalue weighted by Crippen LogP contribution is -2.12. The number of ether oxygens (including phenoxy) is 1. The van der Waals surface area contributed by atoms with Gasteiger partial charge in [-0.25, -0.2) is 4.79 Å². The second-order valence-corrected chi connectivity index (χ2v) is 3.30. The summed E-state index contributed by atoms with van der Waals surface area (Å²) >= 11 is 0. The normalized spacial score (nSPS) is 9.88. The molecule has 0 bridgehead atoms. The first-order chi connectivity index (χ1) is 7.60. The number of ketones is 1. The topological polar surface area (TPSA) is 69.4 Å². The zero-order chi connectivity index (χ0) is 12.1. The molecule has 4 heteroatoms. The molecule has 0 spiro atoms. The van der Waals surface area contributed by atoms with Crippen LogP contribution in [0.2, 0.25) is 0 Å². The smallest absolute Gasteiger partial charge is 0.338 e. The molecular weight excluding hydrogens is 206 g/mol. The van der Waals surface area contributed by atoms with E-state index in [1.807, 2.05) is 0 Å². The number of benzene rings is 1. The molecule has 0 atom stereocenters. The van der Waals surface area contributed by atoms with Gasteiger partial charge in [0.15, 0.2) is 5.78 Å². The fraction of sp³-hybridized carbons (Fsp3) is 0.333. The van der Waals surface area contributed by atoms with Crippen molar-refractivity contribution < 1.29 is 14.3 Å². The van der Waals surface area contributed by atoms with E-state index in [1.54, 1.807) is 26.0 Å². The molecule has 0 radical (unpaired) electrons. The fourth-order valence-corrected chi connectivity index (χ4v) is 1.37. The quantitative estimate of drug-likeness (QED) is 0.480. The van der Waals surface area contributed by atoms with Crippen molar-refractivity contribution in [1.82, 2.24) is 0 Å². The molecule has 0 aliphatic heterocycles. The van der Waals surface area contributed by atoms with E-state index in [2.05, 4.69) is 0 Å². The van der Waals surface area contributed by atoms with E-state index in [9.17, 15) is 9.59 Å². The molecule has 1 aromatic carbocycles. The predicted octanol–water partition coefficient (Wildman–Crippen LogP) is 2.04. The fourth-order valence-electron chi connectivity index (χ4n) is 1.37. The number of hydrogen-bond acceptors (Lipinski definition) is 4. The van der Waals surface area contributed by atoms with Crippen LogP contribution in [0.4, 0.5) is 5.69 Å². The van der Waals surface area contributed by atoms with Crippen LogP contribution in [0.25, 0.3) is 0 Å². The van der Waals surface area contributed by atoms with E-state index in [1.165, 1.54) is 6.07 Å². The average molecular weight is 221 g/mol. The first-order valence-electron chi connectivity index (χ1n) is 5.20. The molecule has 1 aromatic rings. The Hall–Kier alpha value is -1.84. The van der Waals surface area contributed by atoms with Gasteiger partial charge in [0.05, 0.1) is 12.2 Å². The van der Waals surface area contributed by atoms with Gasteiger partial charge in [0.25, 0.3) is 0 Å². The van der Waals surface area contributed by atoms with Crippen molar-refractivity contribution in [2.24, 2.45) is 0 Å². The molecule has 0 aromatic heterocycles. The van der Waals surface area contributed by atoms with Gasteiger partial charge in [-0.05, 0) is 25.1 Å². The Morgan fingerprint density at radius 1 is 1.25 bits per heavy atom. The molecule has 16 heavy (non-hydrogen) atoms. The molecule has 1 rings (SSSR count). The van der Waals surface area contributed by atoms with Crippen molar-refractivity contribution >= 4 is 17.4 Å². The van der Waals surface area contributed by atoms with Crippen LogP contribution in [0.1, 0.15) is 41.0 Å². The molecule has 4 nitrogen and oxygen atoms in total. The summed E-state index contributed by atoms with van der Waals surface area (Å²) in [5, 5.41) is 0. The number of carbonyl (C=O) groups excluding carboxylic acids is 2. The van der Waals surface area contributed by atoms with Crippen molar-refractivity contribution in [1.29, 1.82) is 0 Å². The van der Waals surface area contributed by atoms with Crippen LogP contribution in [0.5, 0.6) is 0 Å². The van der Waals surface area contributed by atoms with E-state index in [0.717, 1.165) is 0 Å². The molecule has 0 unspecified atom stereocenters. The number of rotatable bonds is 4. The summed E-state index contributed by atoms with van der Waals surface area (Å²) in [5.74, 6) is -0.602. The number of carbonyl (C=O) groups is 2. The van der Waals surface area contributed by atoms with Gasteiger partial charge in [-0.15, -0.1) is 0 Å². The molecule has 0 saturated heterocycles. The van der Waals surface area contributed by atoms with Crippen LogP contribution in [-0.4, -0.2) is 18.4 Å². The summed E-state index contributed by atoms with van der Waals surface area (Å²) in [6.07, 6.45) is 0.344. The van der Waals surface area contributed by atoms with Gasteiger partial charge < -0.3 is 10.5 Å². The number of anilines is 1. The van der Waals surface area contributed by atoms with Crippen molar-refractivity contribution in [3.8, 4) is 0 Å². The van der Waals surface area contributed by atoms with Gasteiger partial charge in [0.1, 0.15) is 0 Å². The van der Waals surface area contributed by atoms with Gasteiger partial charge in [-0.2, -0.15) is 0 Å². The van der Waals surface area contributed by atoms with Crippen LogP contribution in [0, 0.1) is 0 Å². The molecule has 0 aliphatic rings. The van der Waals surface area contributed by atoms with Gasteiger partial charge in [0, 0.05) is 17.7 Å². The third-order valence-corrected chi connectivity index (χ3v) is 2.16. The number of hydrogen-bond donors (Lipinski definition) is 1. The standard InChI is InChI=1S/C12H15NO3/c1-3-11(14)9-6-5-8(13)7-10(9)12(15)16-4-2/h5-7H,3-4,13H2,1-2H3. The van der Waals surface area contributed by atoms with Gasteiger partial charge in [0.2, 0.25) is 0 Å². The molecule has 0 fully saturated rings. The maximum absolute atomic E-state index is 11.6. The van der Waals surface area contributed by atoms with Gasteiger partial charge in [-0.1, -0.05) is 6.92 Å². The van der Waals surface area contributed by atoms with E-state index in [4.69, 9.17) is 10.5 Å². The van der Waals surface area contributed by atoms with Crippen LogP contribution in [0.3, 0.4) is 0 Å². The minimum absolute atomic E-state index is 0.0944. The third-order valence-electron chi connectivity index (χ3n) is 2.16. The summed E-state index contributed by atoms with van der Waals surface area (Å²) in [4.78, 5) is 23.2. The molecule has 0 aliphatic carbocycles. The van der Waals surface area contributed by atoms with Crippen molar-refractivity contribution in [2.45, 2.75) is 20.3 Å². The van der Waals surface area contributed by atoms with Crippen LogP contribution < -0.4 is 5.73 Å². The lowest BCUT2D eigenvalue weighted by Gasteiger charge is -2.08. The van der Waals surface area contributed by atoms with E-state index < -0.39 is 5.97 Å². The first kappa shape index (κ1) is 12.2. The molecule has 0 saturated carbocycles. The number of nitrogens with two attached hydrogens (primary N) is 1. The summed E-state index contributed by atoms with van der Waals surface area (Å²) in [7, 11) is 0. The lowest BCUT2D eigenvalue weighted by atomic mass is 10.0. The molecule has 0 heterocycles. The van der Waals surface area contributed by atoms with Crippen LogP contribution in [0.15, 0.2) is 18.2 Å². The largest absolute Gasteiger partial charge is 0.462 e. The zero-order valence-corrected chi connectivity index (χ0v) is 9.45. The Morgan fingerprint density at radius 3 is 2.50 bits per heavy atom. The minimum atomic E-state index is -0.508. The SMILES string of the molecule is CCOC(=O)c1cc(N)ccc1C(=O)CC. The Morgan fingerprint density at radius 2 is 1.94 bits per heavy atom. The van der Waals surface area contributed by atoms with Crippen molar-refractivity contribution in [3.05, 3.63) is 29.3 Å². The molecule has 0 amide bonds. The zero-order valence-electron chi connectivity index (χ0n) is 9.45. The Labute approximate surface area is 94.4 Å². The number of nitrogen functional groups attached to an aromatic ring is 1. The molecular formula is C12H15NO3. The Balaban J connectivity index is 3.17. The van der Waals surface area contributed by atoms with Crippen molar-refractivity contribution in [2.75, 3.05) is 12.3 Å². The summed E-state index contributed by atoms with van der Waals surface area (Å²) < 4.78 is 4.87. The van der Waals surface area contributed by atoms with Crippen molar-refractivity contribution in [3.63, 3.8) is 0 Å². The van der Waals surface area contributed by atoms with Gasteiger partial charge >= 0.3 is 5.97 Å². The lowest BCUT2D eigenvalue weighted by molar-refractivity contribution is 0.0523.